The quantitative estimate of drug-likeness (QED) is 0.680. The normalized spacial score (nSPS) is 30.8. The van der Waals surface area contributed by atoms with E-state index in [1.165, 1.54) is 12.8 Å². The predicted molar refractivity (Wildman–Crippen MR) is 73.1 cm³/mol. The van der Waals surface area contributed by atoms with Crippen LogP contribution in [0.25, 0.3) is 0 Å². The standard InChI is InChI=1S/C14H25NOS/c1-3-5-6-9-17(16)14-10-12(4-2)7-8-13(14)11-15/h12-14H,3-10H2,1-2H3. The van der Waals surface area contributed by atoms with Gasteiger partial charge in [0.15, 0.2) is 0 Å². The van der Waals surface area contributed by atoms with Gasteiger partial charge in [-0.1, -0.05) is 33.1 Å². The van der Waals surface area contributed by atoms with Crippen molar-refractivity contribution < 1.29 is 4.21 Å². The Bertz CT molecular complexity index is 284. The van der Waals surface area contributed by atoms with Gasteiger partial charge in [-0.05, 0) is 31.6 Å². The Morgan fingerprint density at radius 3 is 2.65 bits per heavy atom. The van der Waals surface area contributed by atoms with Crippen LogP contribution in [-0.4, -0.2) is 15.2 Å². The summed E-state index contributed by atoms with van der Waals surface area (Å²) in [6.07, 6.45) is 7.66. The van der Waals surface area contributed by atoms with Crippen molar-refractivity contribution in [1.82, 2.24) is 0 Å². The molecule has 0 aromatic rings. The van der Waals surface area contributed by atoms with Gasteiger partial charge < -0.3 is 0 Å². The van der Waals surface area contributed by atoms with E-state index in [1.807, 2.05) is 0 Å². The summed E-state index contributed by atoms with van der Waals surface area (Å²) in [7, 11) is -0.783. The second-order valence-electron chi connectivity index (χ2n) is 5.15. The molecule has 1 aliphatic carbocycles. The molecule has 1 saturated carbocycles. The Balaban J connectivity index is 2.51. The Labute approximate surface area is 108 Å². The molecule has 1 rings (SSSR count). The van der Waals surface area contributed by atoms with Gasteiger partial charge in [0.05, 0.1) is 17.2 Å². The third-order valence-electron chi connectivity index (χ3n) is 3.93. The average molecular weight is 255 g/mol. The Kier molecular flexibility index (Phi) is 6.80. The van der Waals surface area contributed by atoms with Crippen LogP contribution in [-0.2, 0) is 10.8 Å². The highest BCUT2D eigenvalue weighted by Gasteiger charge is 2.33. The minimum Gasteiger partial charge on any atom is -0.259 e. The largest absolute Gasteiger partial charge is 0.259 e. The summed E-state index contributed by atoms with van der Waals surface area (Å²) in [6.45, 7) is 4.36. The molecule has 0 radical (unpaired) electrons. The van der Waals surface area contributed by atoms with Crippen LogP contribution in [0.3, 0.4) is 0 Å². The lowest BCUT2D eigenvalue weighted by atomic mass is 9.81. The van der Waals surface area contributed by atoms with Gasteiger partial charge in [0.25, 0.3) is 0 Å². The van der Waals surface area contributed by atoms with Gasteiger partial charge in [-0.3, -0.25) is 4.21 Å². The van der Waals surface area contributed by atoms with E-state index in [-0.39, 0.29) is 11.2 Å². The van der Waals surface area contributed by atoms with Crippen molar-refractivity contribution in [1.29, 1.82) is 5.26 Å². The number of hydrogen-bond acceptors (Lipinski definition) is 2. The highest BCUT2D eigenvalue weighted by Crippen LogP contribution is 2.33. The summed E-state index contributed by atoms with van der Waals surface area (Å²) in [5, 5.41) is 9.31. The zero-order valence-corrected chi connectivity index (χ0v) is 12.0. The summed E-state index contributed by atoms with van der Waals surface area (Å²) < 4.78 is 12.3. The summed E-state index contributed by atoms with van der Waals surface area (Å²) in [4.78, 5) is 0. The number of nitrogens with zero attached hydrogens (tertiary/aromatic N) is 1. The van der Waals surface area contributed by atoms with Crippen LogP contribution in [0.15, 0.2) is 0 Å². The summed E-state index contributed by atoms with van der Waals surface area (Å²) in [6, 6.07) is 2.38. The molecule has 4 unspecified atom stereocenters. The molecular formula is C14H25NOS. The molecule has 0 heterocycles. The maximum absolute atomic E-state index is 12.3. The van der Waals surface area contributed by atoms with E-state index < -0.39 is 10.8 Å². The van der Waals surface area contributed by atoms with Crippen LogP contribution in [0.1, 0.15) is 58.8 Å². The molecule has 1 fully saturated rings. The third kappa shape index (κ3) is 4.43. The SMILES string of the molecule is CCCCCS(=O)C1CC(CC)CCC1C#N. The fraction of sp³-hybridized carbons (Fsp3) is 0.929. The average Bonchev–Trinajstić information content (AvgIpc) is 2.38. The molecule has 0 amide bonds. The molecule has 98 valence electrons. The van der Waals surface area contributed by atoms with E-state index in [9.17, 15) is 4.21 Å². The van der Waals surface area contributed by atoms with E-state index in [0.29, 0.717) is 5.92 Å². The van der Waals surface area contributed by atoms with Gasteiger partial charge in [0, 0.05) is 16.6 Å². The van der Waals surface area contributed by atoms with E-state index >= 15 is 0 Å². The molecule has 17 heavy (non-hydrogen) atoms. The second kappa shape index (κ2) is 7.87. The lowest BCUT2D eigenvalue weighted by molar-refractivity contribution is 0.313. The van der Waals surface area contributed by atoms with Gasteiger partial charge in [0.1, 0.15) is 0 Å². The van der Waals surface area contributed by atoms with Gasteiger partial charge in [0.2, 0.25) is 0 Å². The molecule has 0 aromatic carbocycles. The molecule has 4 atom stereocenters. The van der Waals surface area contributed by atoms with E-state index in [2.05, 4.69) is 19.9 Å². The van der Waals surface area contributed by atoms with Crippen LogP contribution in [0.2, 0.25) is 0 Å². The van der Waals surface area contributed by atoms with Gasteiger partial charge in [-0.25, -0.2) is 0 Å². The first-order chi connectivity index (χ1) is 8.22. The summed E-state index contributed by atoms with van der Waals surface area (Å²) in [5.74, 6) is 1.53. The molecule has 0 aromatic heterocycles. The second-order valence-corrected chi connectivity index (χ2v) is 6.93. The fourth-order valence-electron chi connectivity index (χ4n) is 2.67. The van der Waals surface area contributed by atoms with Gasteiger partial charge >= 0.3 is 0 Å². The summed E-state index contributed by atoms with van der Waals surface area (Å²) >= 11 is 0. The number of nitriles is 1. The van der Waals surface area contributed by atoms with Crippen molar-refractivity contribution in [3.05, 3.63) is 0 Å². The first-order valence-corrected chi connectivity index (χ1v) is 8.37. The highest BCUT2D eigenvalue weighted by atomic mass is 32.2. The van der Waals surface area contributed by atoms with E-state index in [1.54, 1.807) is 0 Å². The van der Waals surface area contributed by atoms with Crippen molar-refractivity contribution in [2.45, 2.75) is 64.0 Å². The molecule has 2 nitrogen and oxygen atoms in total. The first kappa shape index (κ1) is 14.7. The van der Waals surface area contributed by atoms with Crippen LogP contribution in [0.4, 0.5) is 0 Å². The minimum atomic E-state index is -0.783. The van der Waals surface area contributed by atoms with Crippen molar-refractivity contribution in [3.63, 3.8) is 0 Å². The highest BCUT2D eigenvalue weighted by molar-refractivity contribution is 7.85. The van der Waals surface area contributed by atoms with Crippen LogP contribution >= 0.6 is 0 Å². The number of rotatable bonds is 6. The zero-order chi connectivity index (χ0) is 12.7. The molecule has 0 bridgehead atoms. The molecule has 0 N–H and O–H groups in total. The van der Waals surface area contributed by atoms with Crippen LogP contribution < -0.4 is 0 Å². The fourth-order valence-corrected chi connectivity index (χ4v) is 4.51. The third-order valence-corrected chi connectivity index (χ3v) is 5.82. The van der Waals surface area contributed by atoms with Crippen molar-refractivity contribution >= 4 is 10.8 Å². The Hall–Kier alpha value is -0.360. The monoisotopic (exact) mass is 255 g/mol. The maximum atomic E-state index is 12.3. The van der Waals surface area contributed by atoms with Crippen molar-refractivity contribution in [2.24, 2.45) is 11.8 Å². The Morgan fingerprint density at radius 1 is 1.29 bits per heavy atom. The lowest BCUT2D eigenvalue weighted by Gasteiger charge is -2.31. The van der Waals surface area contributed by atoms with Crippen molar-refractivity contribution in [2.75, 3.05) is 5.75 Å². The van der Waals surface area contributed by atoms with Crippen LogP contribution in [0.5, 0.6) is 0 Å². The Morgan fingerprint density at radius 2 is 2.06 bits per heavy atom. The first-order valence-electron chi connectivity index (χ1n) is 6.99. The molecule has 0 spiro atoms. The maximum Gasteiger partial charge on any atom is 0.0668 e. The minimum absolute atomic E-state index is 0.0419. The number of hydrogen-bond donors (Lipinski definition) is 0. The topological polar surface area (TPSA) is 40.9 Å². The summed E-state index contributed by atoms with van der Waals surface area (Å²) in [5.41, 5.74) is 0. The molecule has 3 heteroatoms. The van der Waals surface area contributed by atoms with E-state index in [0.717, 1.165) is 37.9 Å². The van der Waals surface area contributed by atoms with Gasteiger partial charge in [-0.2, -0.15) is 5.26 Å². The molecule has 0 saturated heterocycles. The van der Waals surface area contributed by atoms with Crippen LogP contribution in [0, 0.1) is 23.2 Å². The lowest BCUT2D eigenvalue weighted by Crippen LogP contribution is -2.33. The smallest absolute Gasteiger partial charge is 0.0668 e. The van der Waals surface area contributed by atoms with E-state index in [4.69, 9.17) is 5.26 Å². The predicted octanol–water partition coefficient (Wildman–Crippen LogP) is 3.64. The van der Waals surface area contributed by atoms with Crippen molar-refractivity contribution in [3.8, 4) is 6.07 Å². The zero-order valence-electron chi connectivity index (χ0n) is 11.2. The number of unbranched alkanes of at least 4 members (excludes halogenated alkanes) is 2. The molecule has 1 aliphatic rings. The molecular weight excluding hydrogens is 230 g/mol. The van der Waals surface area contributed by atoms with Gasteiger partial charge in [-0.15, -0.1) is 0 Å². The molecule has 0 aliphatic heterocycles.